The van der Waals surface area contributed by atoms with E-state index in [1.807, 2.05) is 37.3 Å². The summed E-state index contributed by atoms with van der Waals surface area (Å²) in [4.78, 5) is 15.7. The van der Waals surface area contributed by atoms with Gasteiger partial charge < -0.3 is 4.74 Å². The van der Waals surface area contributed by atoms with E-state index in [1.54, 1.807) is 24.5 Å². The van der Waals surface area contributed by atoms with E-state index in [4.69, 9.17) is 4.74 Å². The van der Waals surface area contributed by atoms with E-state index in [0.717, 1.165) is 16.9 Å². The lowest BCUT2D eigenvalue weighted by molar-refractivity contribution is 0.0954. The Morgan fingerprint density at radius 3 is 3.00 bits per heavy atom. The monoisotopic (exact) mass is 293 g/mol. The van der Waals surface area contributed by atoms with Crippen molar-refractivity contribution in [3.8, 4) is 5.75 Å². The molecular weight excluding hydrogens is 278 g/mol. The summed E-state index contributed by atoms with van der Waals surface area (Å²) in [5.41, 5.74) is 4.84. The van der Waals surface area contributed by atoms with Crippen molar-refractivity contribution in [3.05, 3.63) is 65.5 Å². The van der Waals surface area contributed by atoms with Gasteiger partial charge in [0, 0.05) is 23.5 Å². The van der Waals surface area contributed by atoms with E-state index >= 15 is 0 Å². The number of pyridine rings is 1. The highest BCUT2D eigenvalue weighted by molar-refractivity contribution is 5.95. The molecule has 0 fully saturated rings. The van der Waals surface area contributed by atoms with E-state index in [2.05, 4.69) is 15.5 Å². The fourth-order valence-electron chi connectivity index (χ4n) is 2.13. The first-order chi connectivity index (χ1) is 10.7. The number of carbonyl (C=O) groups excluding carboxylic acids is 1. The number of para-hydroxylation sites is 1. The molecule has 0 spiro atoms. The number of nitrogens with zero attached hydrogens (tertiary/aromatic N) is 2. The maximum Gasteiger partial charge on any atom is 0.272 e. The number of ether oxygens (including phenoxy) is 1. The molecule has 1 aliphatic rings. The Morgan fingerprint density at radius 2 is 2.18 bits per heavy atom. The van der Waals surface area contributed by atoms with Crippen LogP contribution in [-0.2, 0) is 0 Å². The number of aromatic nitrogens is 1. The van der Waals surface area contributed by atoms with Gasteiger partial charge in [0.15, 0.2) is 0 Å². The number of carbonyl (C=O) groups is 1. The summed E-state index contributed by atoms with van der Waals surface area (Å²) in [5, 5.41) is 3.99. The standard InChI is InChI=1S/C17H15N3O2/c1-12-15(9-13-5-2-3-7-16(13)22-12)11-19-20-17(21)14-6-4-8-18-10-14/h2-12H,1H3,(H,20,21)/b19-11-. The zero-order valence-corrected chi connectivity index (χ0v) is 12.1. The second kappa shape index (κ2) is 6.22. The first kappa shape index (κ1) is 14.0. The van der Waals surface area contributed by atoms with E-state index < -0.39 is 0 Å². The van der Waals surface area contributed by atoms with Crippen molar-refractivity contribution < 1.29 is 9.53 Å². The molecule has 0 bridgehead atoms. The third-order valence-electron chi connectivity index (χ3n) is 3.32. The molecule has 1 N–H and O–H groups in total. The summed E-state index contributed by atoms with van der Waals surface area (Å²) in [6, 6.07) is 11.2. The smallest absolute Gasteiger partial charge is 0.272 e. The van der Waals surface area contributed by atoms with Gasteiger partial charge >= 0.3 is 0 Å². The van der Waals surface area contributed by atoms with Crippen LogP contribution in [0.1, 0.15) is 22.8 Å². The molecule has 1 aromatic carbocycles. The quantitative estimate of drug-likeness (QED) is 0.699. The third kappa shape index (κ3) is 3.03. The Kier molecular flexibility index (Phi) is 3.96. The molecule has 2 aromatic rings. The van der Waals surface area contributed by atoms with Crippen LogP contribution in [0.25, 0.3) is 6.08 Å². The first-order valence-corrected chi connectivity index (χ1v) is 6.95. The average molecular weight is 293 g/mol. The molecule has 22 heavy (non-hydrogen) atoms. The summed E-state index contributed by atoms with van der Waals surface area (Å²) in [6.45, 7) is 1.94. The molecule has 0 radical (unpaired) electrons. The SMILES string of the molecule is CC1Oc2ccccc2C=C1/C=N\NC(=O)c1cccnc1. The van der Waals surface area contributed by atoms with Crippen molar-refractivity contribution in [2.45, 2.75) is 13.0 Å². The highest BCUT2D eigenvalue weighted by Gasteiger charge is 2.16. The van der Waals surface area contributed by atoms with Crippen LogP contribution in [0.3, 0.4) is 0 Å². The Balaban J connectivity index is 1.71. The topological polar surface area (TPSA) is 63.6 Å². The fraction of sp³-hybridized carbons (Fsp3) is 0.118. The number of benzene rings is 1. The molecule has 110 valence electrons. The number of hydrogen-bond donors (Lipinski definition) is 1. The van der Waals surface area contributed by atoms with Crippen LogP contribution >= 0.6 is 0 Å². The lowest BCUT2D eigenvalue weighted by Gasteiger charge is -2.22. The van der Waals surface area contributed by atoms with Crippen LogP contribution in [0, 0.1) is 0 Å². The number of hydrazone groups is 1. The van der Waals surface area contributed by atoms with Gasteiger partial charge in [0.25, 0.3) is 5.91 Å². The number of nitrogens with one attached hydrogen (secondary N) is 1. The van der Waals surface area contributed by atoms with Gasteiger partial charge in [-0.25, -0.2) is 5.43 Å². The Labute approximate surface area is 128 Å². The molecule has 1 atom stereocenters. The zero-order valence-electron chi connectivity index (χ0n) is 12.1. The molecule has 1 unspecified atom stereocenters. The normalized spacial score (nSPS) is 16.6. The first-order valence-electron chi connectivity index (χ1n) is 6.95. The van der Waals surface area contributed by atoms with Crippen LogP contribution < -0.4 is 10.2 Å². The minimum atomic E-state index is -0.297. The van der Waals surface area contributed by atoms with Crippen LogP contribution in [0.15, 0.2) is 59.5 Å². The van der Waals surface area contributed by atoms with E-state index in [-0.39, 0.29) is 12.0 Å². The summed E-state index contributed by atoms with van der Waals surface area (Å²) < 4.78 is 5.80. The minimum absolute atomic E-state index is 0.117. The van der Waals surface area contributed by atoms with Crippen LogP contribution in [-0.4, -0.2) is 23.2 Å². The predicted octanol–water partition coefficient (Wildman–Crippen LogP) is 2.66. The predicted molar refractivity (Wildman–Crippen MR) is 84.7 cm³/mol. The van der Waals surface area contributed by atoms with Crippen molar-refractivity contribution in [3.63, 3.8) is 0 Å². The highest BCUT2D eigenvalue weighted by atomic mass is 16.5. The Morgan fingerprint density at radius 1 is 1.32 bits per heavy atom. The second-order valence-electron chi connectivity index (χ2n) is 4.88. The van der Waals surface area contributed by atoms with Gasteiger partial charge in [-0.15, -0.1) is 0 Å². The molecule has 2 heterocycles. The minimum Gasteiger partial charge on any atom is -0.485 e. The summed E-state index contributed by atoms with van der Waals surface area (Å²) in [7, 11) is 0. The number of amides is 1. The molecule has 1 aliphatic heterocycles. The van der Waals surface area contributed by atoms with Gasteiger partial charge in [-0.05, 0) is 31.2 Å². The molecule has 0 aliphatic carbocycles. The van der Waals surface area contributed by atoms with Gasteiger partial charge in [-0.2, -0.15) is 5.10 Å². The average Bonchev–Trinajstić information content (AvgIpc) is 2.56. The van der Waals surface area contributed by atoms with E-state index in [9.17, 15) is 4.79 Å². The van der Waals surface area contributed by atoms with Crippen molar-refractivity contribution in [2.75, 3.05) is 0 Å². The molecule has 0 saturated carbocycles. The lowest BCUT2D eigenvalue weighted by atomic mass is 10.0. The molecule has 0 saturated heterocycles. The fourth-order valence-corrected chi connectivity index (χ4v) is 2.13. The van der Waals surface area contributed by atoms with Crippen LogP contribution in [0.2, 0.25) is 0 Å². The van der Waals surface area contributed by atoms with E-state index in [1.165, 1.54) is 6.20 Å². The summed E-state index contributed by atoms with van der Waals surface area (Å²) in [6.07, 6.45) is 6.60. The maximum absolute atomic E-state index is 11.9. The zero-order chi connectivity index (χ0) is 15.4. The third-order valence-corrected chi connectivity index (χ3v) is 3.32. The van der Waals surface area contributed by atoms with Gasteiger partial charge in [-0.1, -0.05) is 18.2 Å². The highest BCUT2D eigenvalue weighted by Crippen LogP contribution is 2.28. The van der Waals surface area contributed by atoms with Crippen LogP contribution in [0.4, 0.5) is 0 Å². The van der Waals surface area contributed by atoms with Gasteiger partial charge in [-0.3, -0.25) is 9.78 Å². The summed E-state index contributed by atoms with van der Waals surface area (Å²) >= 11 is 0. The van der Waals surface area contributed by atoms with Crippen molar-refractivity contribution in [1.29, 1.82) is 0 Å². The van der Waals surface area contributed by atoms with E-state index in [0.29, 0.717) is 5.56 Å². The number of rotatable bonds is 3. The van der Waals surface area contributed by atoms with Crippen molar-refractivity contribution in [2.24, 2.45) is 5.10 Å². The molecule has 5 heteroatoms. The molecule has 1 amide bonds. The largest absolute Gasteiger partial charge is 0.485 e. The van der Waals surface area contributed by atoms with Crippen molar-refractivity contribution in [1.82, 2.24) is 10.4 Å². The second-order valence-corrected chi connectivity index (χ2v) is 4.88. The van der Waals surface area contributed by atoms with Gasteiger partial charge in [0.05, 0.1) is 11.8 Å². The van der Waals surface area contributed by atoms with Gasteiger partial charge in [0.2, 0.25) is 0 Å². The lowest BCUT2D eigenvalue weighted by Crippen LogP contribution is -2.22. The number of fused-ring (bicyclic) bond motifs is 1. The van der Waals surface area contributed by atoms with Crippen LogP contribution in [0.5, 0.6) is 5.75 Å². The molecular formula is C17H15N3O2. The molecule has 3 rings (SSSR count). The summed E-state index contributed by atoms with van der Waals surface area (Å²) in [5.74, 6) is 0.557. The van der Waals surface area contributed by atoms with Gasteiger partial charge in [0.1, 0.15) is 11.9 Å². The van der Waals surface area contributed by atoms with Crippen molar-refractivity contribution >= 4 is 18.2 Å². The Bertz CT molecular complexity index is 739. The molecule has 1 aromatic heterocycles. The maximum atomic E-state index is 11.9. The molecule has 5 nitrogen and oxygen atoms in total. The Hall–Kier alpha value is -2.95. The number of hydrogen-bond acceptors (Lipinski definition) is 4.